The Morgan fingerprint density at radius 1 is 1.33 bits per heavy atom. The largest absolute Gasteiger partial charge is 0.497 e. The first-order valence-corrected chi connectivity index (χ1v) is 8.98. The molecule has 1 atom stereocenters. The summed E-state index contributed by atoms with van der Waals surface area (Å²) in [4.78, 5) is 17.1. The smallest absolute Gasteiger partial charge is 0.238 e. The molecule has 1 aliphatic rings. The number of nitrogens with one attached hydrogen (secondary N) is 2. The summed E-state index contributed by atoms with van der Waals surface area (Å²) in [6.07, 6.45) is 2.34. The number of hydrogen-bond acceptors (Lipinski definition) is 5. The van der Waals surface area contributed by atoms with Crippen LogP contribution < -0.4 is 10.1 Å². The topological polar surface area (TPSA) is 79.9 Å². The molecule has 2 N–H and O–H groups in total. The number of thioether (sulfide) groups is 1. The molecule has 7 heteroatoms. The molecule has 1 saturated carbocycles. The van der Waals surface area contributed by atoms with Gasteiger partial charge in [-0.25, -0.2) is 4.98 Å². The van der Waals surface area contributed by atoms with Gasteiger partial charge in [0.15, 0.2) is 0 Å². The number of rotatable bonds is 7. The highest BCUT2D eigenvalue weighted by atomic mass is 32.2. The lowest BCUT2D eigenvalue weighted by Crippen LogP contribution is -2.29. The van der Waals surface area contributed by atoms with Crippen molar-refractivity contribution in [2.75, 3.05) is 12.4 Å². The first kappa shape index (κ1) is 16.8. The van der Waals surface area contributed by atoms with Crippen molar-refractivity contribution in [3.05, 3.63) is 30.1 Å². The summed E-state index contributed by atoms with van der Waals surface area (Å²) in [5, 5.41) is 10.6. The Labute approximate surface area is 145 Å². The van der Waals surface area contributed by atoms with Crippen LogP contribution >= 0.6 is 11.8 Å². The number of carbonyl (C=O) groups excluding carboxylic acids is 1. The van der Waals surface area contributed by atoms with E-state index in [2.05, 4.69) is 20.5 Å². The van der Waals surface area contributed by atoms with Gasteiger partial charge in [0.2, 0.25) is 11.1 Å². The summed E-state index contributed by atoms with van der Waals surface area (Å²) in [5.41, 5.74) is 0.751. The summed E-state index contributed by atoms with van der Waals surface area (Å²) < 4.78 is 5.13. The maximum atomic E-state index is 12.6. The Hall–Kier alpha value is -2.02. The third-order valence-electron chi connectivity index (χ3n) is 3.90. The van der Waals surface area contributed by atoms with Crippen LogP contribution in [0.2, 0.25) is 0 Å². The van der Waals surface area contributed by atoms with Crippen LogP contribution in [0.4, 0.5) is 5.69 Å². The fourth-order valence-electron chi connectivity index (χ4n) is 2.34. The molecule has 1 aromatic heterocycles. The number of H-pyrrole nitrogens is 1. The van der Waals surface area contributed by atoms with E-state index in [1.807, 2.05) is 38.1 Å². The van der Waals surface area contributed by atoms with E-state index in [1.165, 1.54) is 24.6 Å². The fraction of sp³-hybridized carbons (Fsp3) is 0.471. The highest BCUT2D eigenvalue weighted by molar-refractivity contribution is 8.00. The minimum Gasteiger partial charge on any atom is -0.497 e. The van der Waals surface area contributed by atoms with Crippen molar-refractivity contribution in [3.63, 3.8) is 0 Å². The lowest BCUT2D eigenvalue weighted by Gasteiger charge is -2.18. The van der Waals surface area contributed by atoms with Crippen molar-refractivity contribution in [2.45, 2.75) is 43.0 Å². The second-order valence-electron chi connectivity index (χ2n) is 6.28. The van der Waals surface area contributed by atoms with Crippen LogP contribution in [0.3, 0.4) is 0 Å². The van der Waals surface area contributed by atoms with Gasteiger partial charge >= 0.3 is 0 Å². The number of methoxy groups -OCH3 is 1. The second-order valence-corrected chi connectivity index (χ2v) is 7.39. The zero-order valence-electron chi connectivity index (χ0n) is 14.1. The number of aromatic amines is 1. The Balaban J connectivity index is 1.65. The molecule has 1 heterocycles. The quantitative estimate of drug-likeness (QED) is 0.751. The summed E-state index contributed by atoms with van der Waals surface area (Å²) in [7, 11) is 1.62. The standard InChI is InChI=1S/C17H22N4O2S/c1-10(2)14(24-17-19-15(20-21-17)11-4-5-11)16(22)18-12-6-8-13(23-3)9-7-12/h6-11,14H,4-5H2,1-3H3,(H,18,22)(H,19,20,21). The third kappa shape index (κ3) is 4.08. The molecule has 6 nitrogen and oxygen atoms in total. The van der Waals surface area contributed by atoms with E-state index in [0.29, 0.717) is 11.1 Å². The number of aromatic nitrogens is 3. The van der Waals surface area contributed by atoms with E-state index in [0.717, 1.165) is 17.3 Å². The predicted molar refractivity (Wildman–Crippen MR) is 94.5 cm³/mol. The Kier molecular flexibility index (Phi) is 5.08. The van der Waals surface area contributed by atoms with E-state index in [4.69, 9.17) is 4.74 Å². The zero-order chi connectivity index (χ0) is 17.1. The Bertz CT molecular complexity index is 695. The monoisotopic (exact) mass is 346 g/mol. The predicted octanol–water partition coefficient (Wildman–Crippen LogP) is 3.45. The summed E-state index contributed by atoms with van der Waals surface area (Å²) in [5.74, 6) is 2.35. The normalized spacial score (nSPS) is 15.3. The van der Waals surface area contributed by atoms with Crippen molar-refractivity contribution in [2.24, 2.45) is 5.92 Å². The number of ether oxygens (including phenoxy) is 1. The van der Waals surface area contributed by atoms with Gasteiger partial charge in [0.25, 0.3) is 0 Å². The molecule has 24 heavy (non-hydrogen) atoms. The third-order valence-corrected chi connectivity index (χ3v) is 5.31. The van der Waals surface area contributed by atoms with Gasteiger partial charge in [-0.15, -0.1) is 5.10 Å². The van der Waals surface area contributed by atoms with E-state index in [-0.39, 0.29) is 17.1 Å². The van der Waals surface area contributed by atoms with Gasteiger partial charge in [-0.1, -0.05) is 25.6 Å². The molecule has 0 bridgehead atoms. The molecule has 1 unspecified atom stereocenters. The van der Waals surface area contributed by atoms with Crippen LogP contribution in [0.15, 0.2) is 29.4 Å². The SMILES string of the molecule is COc1ccc(NC(=O)C(Sc2n[nH]c(C3CC3)n2)C(C)C)cc1. The molecule has 1 fully saturated rings. The van der Waals surface area contributed by atoms with Gasteiger partial charge in [0.1, 0.15) is 11.6 Å². The highest BCUT2D eigenvalue weighted by Crippen LogP contribution is 2.38. The summed E-state index contributed by atoms with van der Waals surface area (Å²) in [6.45, 7) is 4.06. The van der Waals surface area contributed by atoms with Gasteiger partial charge in [-0.2, -0.15) is 0 Å². The van der Waals surface area contributed by atoms with Gasteiger partial charge in [0.05, 0.1) is 12.4 Å². The fourth-order valence-corrected chi connectivity index (χ4v) is 3.26. The number of carbonyl (C=O) groups is 1. The second kappa shape index (κ2) is 7.25. The lowest BCUT2D eigenvalue weighted by atomic mass is 10.1. The van der Waals surface area contributed by atoms with Crippen LogP contribution in [0, 0.1) is 5.92 Å². The molecule has 0 spiro atoms. The van der Waals surface area contributed by atoms with Gasteiger partial charge in [0, 0.05) is 11.6 Å². The molecule has 1 aromatic carbocycles. The molecule has 0 saturated heterocycles. The average molecular weight is 346 g/mol. The van der Waals surface area contributed by atoms with Crippen LogP contribution in [-0.4, -0.2) is 33.4 Å². The first-order chi connectivity index (χ1) is 11.6. The van der Waals surface area contributed by atoms with Crippen molar-refractivity contribution in [3.8, 4) is 5.75 Å². The Morgan fingerprint density at radius 2 is 2.04 bits per heavy atom. The number of anilines is 1. The summed E-state index contributed by atoms with van der Waals surface area (Å²) >= 11 is 1.41. The van der Waals surface area contributed by atoms with E-state index < -0.39 is 0 Å². The lowest BCUT2D eigenvalue weighted by molar-refractivity contribution is -0.116. The van der Waals surface area contributed by atoms with Crippen molar-refractivity contribution in [1.29, 1.82) is 0 Å². The van der Waals surface area contributed by atoms with Gasteiger partial charge in [-0.05, 0) is 43.0 Å². The minimum absolute atomic E-state index is 0.0436. The number of nitrogens with zero attached hydrogens (tertiary/aromatic N) is 2. The molecular formula is C17H22N4O2S. The maximum absolute atomic E-state index is 12.6. The molecule has 1 amide bonds. The Morgan fingerprint density at radius 3 is 2.62 bits per heavy atom. The minimum atomic E-state index is -0.255. The van der Waals surface area contributed by atoms with Crippen molar-refractivity contribution >= 4 is 23.4 Å². The van der Waals surface area contributed by atoms with E-state index in [1.54, 1.807) is 7.11 Å². The van der Waals surface area contributed by atoms with E-state index >= 15 is 0 Å². The van der Waals surface area contributed by atoms with Crippen LogP contribution in [0.25, 0.3) is 0 Å². The maximum Gasteiger partial charge on any atom is 0.238 e. The molecule has 1 aliphatic carbocycles. The van der Waals surface area contributed by atoms with Gasteiger partial charge < -0.3 is 10.1 Å². The average Bonchev–Trinajstić information content (AvgIpc) is 3.32. The van der Waals surface area contributed by atoms with Crippen LogP contribution in [0.1, 0.15) is 38.4 Å². The van der Waals surface area contributed by atoms with Crippen molar-refractivity contribution in [1.82, 2.24) is 15.2 Å². The first-order valence-electron chi connectivity index (χ1n) is 8.10. The number of hydrogen-bond donors (Lipinski definition) is 2. The molecule has 3 rings (SSSR count). The molecular weight excluding hydrogens is 324 g/mol. The molecule has 2 aromatic rings. The zero-order valence-corrected chi connectivity index (χ0v) is 14.9. The van der Waals surface area contributed by atoms with Crippen LogP contribution in [0.5, 0.6) is 5.75 Å². The van der Waals surface area contributed by atoms with Gasteiger partial charge in [-0.3, -0.25) is 9.89 Å². The van der Waals surface area contributed by atoms with Crippen molar-refractivity contribution < 1.29 is 9.53 Å². The number of benzene rings is 1. The molecule has 128 valence electrons. The van der Waals surface area contributed by atoms with E-state index in [9.17, 15) is 4.79 Å². The number of amides is 1. The van der Waals surface area contributed by atoms with Crippen LogP contribution in [-0.2, 0) is 4.79 Å². The summed E-state index contributed by atoms with van der Waals surface area (Å²) in [6, 6.07) is 7.31. The molecule has 0 aliphatic heterocycles. The molecule has 0 radical (unpaired) electrons. The highest BCUT2D eigenvalue weighted by Gasteiger charge is 2.29.